The summed E-state index contributed by atoms with van der Waals surface area (Å²) in [6, 6.07) is 3.63. The third-order valence-electron chi connectivity index (χ3n) is 2.11. The highest BCUT2D eigenvalue weighted by molar-refractivity contribution is 5.96. The fraction of sp³-hybridized carbons (Fsp3) is 0.182. The molecule has 0 heterocycles. The SMILES string of the molecule is Cc1ccc(C(=O)OCC(=O)NC(N)=O)cc1N. The fourth-order valence-corrected chi connectivity index (χ4v) is 1.16. The molecule has 0 fully saturated rings. The summed E-state index contributed by atoms with van der Waals surface area (Å²) >= 11 is 0. The van der Waals surface area contributed by atoms with Crippen LogP contribution in [0.1, 0.15) is 15.9 Å². The number of carbonyl (C=O) groups excluding carboxylic acids is 3. The van der Waals surface area contributed by atoms with Crippen molar-refractivity contribution in [3.05, 3.63) is 29.3 Å². The first kappa shape index (κ1) is 13.5. The van der Waals surface area contributed by atoms with E-state index in [2.05, 4.69) is 4.74 Å². The fourth-order valence-electron chi connectivity index (χ4n) is 1.16. The predicted molar refractivity (Wildman–Crippen MR) is 63.6 cm³/mol. The van der Waals surface area contributed by atoms with Crippen molar-refractivity contribution in [2.24, 2.45) is 5.73 Å². The van der Waals surface area contributed by atoms with Gasteiger partial charge in [-0.3, -0.25) is 10.1 Å². The van der Waals surface area contributed by atoms with Gasteiger partial charge in [-0.25, -0.2) is 9.59 Å². The average Bonchev–Trinajstić information content (AvgIpc) is 2.28. The number of esters is 1. The Kier molecular flexibility index (Phi) is 4.25. The maximum absolute atomic E-state index is 11.5. The molecule has 18 heavy (non-hydrogen) atoms. The summed E-state index contributed by atoms with van der Waals surface area (Å²) in [7, 11) is 0. The standard InChI is InChI=1S/C11H13N3O4/c1-6-2-3-7(4-8(6)12)10(16)18-5-9(15)14-11(13)17/h2-4H,5,12H2,1H3,(H3,13,14,15,17). The summed E-state index contributed by atoms with van der Waals surface area (Å²) in [5.74, 6) is -1.50. The highest BCUT2D eigenvalue weighted by Gasteiger charge is 2.11. The van der Waals surface area contributed by atoms with Gasteiger partial charge in [-0.2, -0.15) is 0 Å². The summed E-state index contributed by atoms with van der Waals surface area (Å²) in [6.45, 7) is 1.21. The van der Waals surface area contributed by atoms with Crippen LogP contribution in [0.15, 0.2) is 18.2 Å². The number of urea groups is 1. The zero-order chi connectivity index (χ0) is 13.7. The van der Waals surface area contributed by atoms with Crippen LogP contribution in [0.2, 0.25) is 0 Å². The van der Waals surface area contributed by atoms with E-state index in [4.69, 9.17) is 11.5 Å². The number of imide groups is 1. The molecule has 0 aliphatic rings. The van der Waals surface area contributed by atoms with E-state index in [1.54, 1.807) is 18.3 Å². The lowest BCUT2D eigenvalue weighted by Crippen LogP contribution is -2.37. The van der Waals surface area contributed by atoms with E-state index in [0.717, 1.165) is 5.56 Å². The van der Waals surface area contributed by atoms with Gasteiger partial charge in [0.15, 0.2) is 6.61 Å². The average molecular weight is 251 g/mol. The van der Waals surface area contributed by atoms with Gasteiger partial charge >= 0.3 is 12.0 Å². The van der Waals surface area contributed by atoms with Crippen LogP contribution in [0.3, 0.4) is 0 Å². The van der Waals surface area contributed by atoms with Crippen molar-refractivity contribution < 1.29 is 19.1 Å². The molecule has 0 atom stereocenters. The van der Waals surface area contributed by atoms with Crippen molar-refractivity contribution in [3.8, 4) is 0 Å². The van der Waals surface area contributed by atoms with Crippen LogP contribution in [-0.4, -0.2) is 24.5 Å². The molecule has 0 aromatic heterocycles. The van der Waals surface area contributed by atoms with Crippen LogP contribution in [-0.2, 0) is 9.53 Å². The zero-order valence-corrected chi connectivity index (χ0v) is 9.73. The molecule has 7 nitrogen and oxygen atoms in total. The van der Waals surface area contributed by atoms with Gasteiger partial charge in [0.2, 0.25) is 0 Å². The van der Waals surface area contributed by atoms with Crippen LogP contribution in [0, 0.1) is 6.92 Å². The van der Waals surface area contributed by atoms with E-state index in [1.807, 2.05) is 0 Å². The lowest BCUT2D eigenvalue weighted by Gasteiger charge is -2.06. The topological polar surface area (TPSA) is 125 Å². The number of ether oxygens (including phenoxy) is 1. The quantitative estimate of drug-likeness (QED) is 0.512. The number of hydrogen-bond donors (Lipinski definition) is 3. The first-order valence-corrected chi connectivity index (χ1v) is 5.02. The van der Waals surface area contributed by atoms with E-state index in [9.17, 15) is 14.4 Å². The van der Waals surface area contributed by atoms with Gasteiger partial charge in [-0.15, -0.1) is 0 Å². The first-order valence-electron chi connectivity index (χ1n) is 5.02. The minimum absolute atomic E-state index is 0.227. The monoisotopic (exact) mass is 251 g/mol. The molecule has 0 saturated carbocycles. The van der Waals surface area contributed by atoms with Gasteiger partial charge in [-0.1, -0.05) is 6.07 Å². The molecule has 0 bridgehead atoms. The van der Waals surface area contributed by atoms with Crippen molar-refractivity contribution in [2.45, 2.75) is 6.92 Å². The molecular weight excluding hydrogens is 238 g/mol. The largest absolute Gasteiger partial charge is 0.452 e. The van der Waals surface area contributed by atoms with E-state index in [1.165, 1.54) is 12.1 Å². The van der Waals surface area contributed by atoms with Crippen LogP contribution in [0.4, 0.5) is 10.5 Å². The number of hydrogen-bond acceptors (Lipinski definition) is 5. The normalized spacial score (nSPS) is 9.61. The molecule has 1 aromatic rings. The lowest BCUT2D eigenvalue weighted by molar-refractivity contribution is -0.123. The summed E-state index contributed by atoms with van der Waals surface area (Å²) in [6.07, 6.45) is 0. The number of primary amides is 1. The summed E-state index contributed by atoms with van der Waals surface area (Å²) in [5.41, 5.74) is 11.9. The van der Waals surface area contributed by atoms with Crippen LogP contribution in [0.5, 0.6) is 0 Å². The van der Waals surface area contributed by atoms with Crippen LogP contribution in [0.25, 0.3) is 0 Å². The second-order valence-electron chi connectivity index (χ2n) is 3.56. The van der Waals surface area contributed by atoms with Gasteiger partial charge in [0.1, 0.15) is 0 Å². The van der Waals surface area contributed by atoms with Crippen molar-refractivity contribution in [1.82, 2.24) is 5.32 Å². The maximum Gasteiger partial charge on any atom is 0.338 e. The molecule has 0 aliphatic heterocycles. The number of nitrogen functional groups attached to an aromatic ring is 1. The first-order chi connectivity index (χ1) is 8.40. The predicted octanol–water partition coefficient (Wildman–Crippen LogP) is -0.0711. The van der Waals surface area contributed by atoms with E-state index < -0.39 is 24.5 Å². The smallest absolute Gasteiger partial charge is 0.338 e. The van der Waals surface area contributed by atoms with Gasteiger partial charge in [-0.05, 0) is 24.6 Å². The highest BCUT2D eigenvalue weighted by atomic mass is 16.5. The molecular formula is C11H13N3O4. The Labute approximate surface area is 103 Å². The molecule has 7 heteroatoms. The molecule has 1 rings (SSSR count). The molecule has 0 spiro atoms. The summed E-state index contributed by atoms with van der Waals surface area (Å²) in [5, 5.41) is 1.77. The van der Waals surface area contributed by atoms with Crippen LogP contribution < -0.4 is 16.8 Å². The Morgan fingerprint density at radius 1 is 1.33 bits per heavy atom. The van der Waals surface area contributed by atoms with Gasteiger partial charge in [0.25, 0.3) is 5.91 Å². The molecule has 0 saturated heterocycles. The zero-order valence-electron chi connectivity index (χ0n) is 9.73. The Bertz CT molecular complexity index is 499. The number of amides is 3. The van der Waals surface area contributed by atoms with Gasteiger partial charge < -0.3 is 16.2 Å². The van der Waals surface area contributed by atoms with E-state index in [-0.39, 0.29) is 5.56 Å². The van der Waals surface area contributed by atoms with Gasteiger partial charge in [0.05, 0.1) is 5.56 Å². The maximum atomic E-state index is 11.5. The molecule has 1 aromatic carbocycles. The molecule has 0 unspecified atom stereocenters. The molecule has 5 N–H and O–H groups in total. The Hall–Kier alpha value is -2.57. The number of benzene rings is 1. The minimum atomic E-state index is -1.00. The number of aryl methyl sites for hydroxylation is 1. The molecule has 3 amide bonds. The number of anilines is 1. The molecule has 0 aliphatic carbocycles. The summed E-state index contributed by atoms with van der Waals surface area (Å²) < 4.78 is 4.67. The number of rotatable bonds is 3. The number of nitrogens with one attached hydrogen (secondary N) is 1. The Morgan fingerprint density at radius 3 is 2.56 bits per heavy atom. The third-order valence-corrected chi connectivity index (χ3v) is 2.11. The Balaban J connectivity index is 2.58. The molecule has 0 radical (unpaired) electrons. The van der Waals surface area contributed by atoms with Crippen molar-refractivity contribution >= 4 is 23.6 Å². The van der Waals surface area contributed by atoms with E-state index >= 15 is 0 Å². The minimum Gasteiger partial charge on any atom is -0.452 e. The third kappa shape index (κ3) is 3.78. The second-order valence-corrected chi connectivity index (χ2v) is 3.56. The number of carbonyl (C=O) groups is 3. The van der Waals surface area contributed by atoms with Crippen molar-refractivity contribution in [3.63, 3.8) is 0 Å². The summed E-state index contributed by atoms with van der Waals surface area (Å²) in [4.78, 5) is 32.9. The number of nitrogens with two attached hydrogens (primary N) is 2. The van der Waals surface area contributed by atoms with Crippen molar-refractivity contribution in [1.29, 1.82) is 0 Å². The molecule has 96 valence electrons. The van der Waals surface area contributed by atoms with Gasteiger partial charge in [0, 0.05) is 5.69 Å². The lowest BCUT2D eigenvalue weighted by atomic mass is 10.1. The van der Waals surface area contributed by atoms with E-state index in [0.29, 0.717) is 5.69 Å². The van der Waals surface area contributed by atoms with Crippen molar-refractivity contribution in [2.75, 3.05) is 12.3 Å². The Morgan fingerprint density at radius 2 is 2.00 bits per heavy atom. The second kappa shape index (κ2) is 5.67. The van der Waals surface area contributed by atoms with Crippen LogP contribution >= 0.6 is 0 Å². The highest BCUT2D eigenvalue weighted by Crippen LogP contribution is 2.13.